The summed E-state index contributed by atoms with van der Waals surface area (Å²) in [7, 11) is 0. The van der Waals surface area contributed by atoms with Crippen LogP contribution in [0.2, 0.25) is 0 Å². The molecule has 2 aromatic heterocycles. The van der Waals surface area contributed by atoms with E-state index in [0.717, 1.165) is 0 Å². The number of amides is 1. The molecule has 7 nitrogen and oxygen atoms in total. The Morgan fingerprint density at radius 2 is 2.07 bits per heavy atom. The first-order valence-corrected chi connectivity index (χ1v) is 9.38. The number of carbonyl (C=O) groups is 1. The van der Waals surface area contributed by atoms with Crippen LogP contribution in [0, 0.1) is 0 Å². The molecule has 7 heteroatoms. The predicted octanol–water partition coefficient (Wildman–Crippen LogP) is 4.36. The van der Waals surface area contributed by atoms with E-state index in [1.165, 1.54) is 12.3 Å². The fraction of sp³-hybridized carbons (Fsp3) is 0.0870. The number of carbonyl (C=O) groups excluding carboxylic acids is 1. The van der Waals surface area contributed by atoms with Crippen molar-refractivity contribution in [1.29, 1.82) is 0 Å². The minimum Gasteiger partial charge on any atom is -0.504 e. The van der Waals surface area contributed by atoms with Crippen molar-refractivity contribution in [1.82, 2.24) is 10.4 Å². The van der Waals surface area contributed by atoms with Gasteiger partial charge in [-0.1, -0.05) is 18.2 Å². The lowest BCUT2D eigenvalue weighted by Gasteiger charge is -2.08. The number of ether oxygens (including phenoxy) is 1. The van der Waals surface area contributed by atoms with Gasteiger partial charge >= 0.3 is 0 Å². The van der Waals surface area contributed by atoms with Crippen LogP contribution in [0.1, 0.15) is 22.8 Å². The number of phenols is 1. The highest BCUT2D eigenvalue weighted by Gasteiger charge is 2.14. The van der Waals surface area contributed by atoms with Crippen molar-refractivity contribution in [2.24, 2.45) is 5.10 Å². The maximum atomic E-state index is 12.8. The first-order chi connectivity index (χ1) is 14.7. The largest absolute Gasteiger partial charge is 0.504 e. The summed E-state index contributed by atoms with van der Waals surface area (Å²) in [5.74, 6) is 0.607. The number of aromatic nitrogens is 1. The molecule has 0 unspecified atom stereocenters. The van der Waals surface area contributed by atoms with E-state index in [0.29, 0.717) is 45.8 Å². The monoisotopic (exact) mass is 401 g/mol. The van der Waals surface area contributed by atoms with Gasteiger partial charge in [-0.2, -0.15) is 5.10 Å². The number of nitrogens with zero attached hydrogens (tertiary/aromatic N) is 2. The molecule has 2 aromatic carbocycles. The van der Waals surface area contributed by atoms with Crippen LogP contribution in [0.25, 0.3) is 22.4 Å². The molecule has 2 N–H and O–H groups in total. The molecule has 0 aliphatic carbocycles. The van der Waals surface area contributed by atoms with Gasteiger partial charge in [-0.3, -0.25) is 4.79 Å². The van der Waals surface area contributed by atoms with E-state index in [9.17, 15) is 9.90 Å². The normalized spacial score (nSPS) is 11.1. The summed E-state index contributed by atoms with van der Waals surface area (Å²) < 4.78 is 10.8. The summed E-state index contributed by atoms with van der Waals surface area (Å²) >= 11 is 0. The lowest BCUT2D eigenvalue weighted by molar-refractivity contribution is 0.0956. The second kappa shape index (κ2) is 8.48. The summed E-state index contributed by atoms with van der Waals surface area (Å²) in [6.45, 7) is 2.26. The molecule has 4 rings (SSSR count). The number of furan rings is 1. The van der Waals surface area contributed by atoms with Gasteiger partial charge in [0.2, 0.25) is 0 Å². The number of para-hydroxylation sites is 1. The number of pyridine rings is 1. The van der Waals surface area contributed by atoms with E-state index in [1.54, 1.807) is 36.6 Å². The maximum Gasteiger partial charge on any atom is 0.272 e. The number of aromatic hydroxyl groups is 1. The summed E-state index contributed by atoms with van der Waals surface area (Å²) in [6, 6.07) is 17.5. The molecule has 4 aromatic rings. The zero-order chi connectivity index (χ0) is 20.9. The molecule has 1 amide bonds. The molecule has 2 heterocycles. The van der Waals surface area contributed by atoms with Gasteiger partial charge in [0.1, 0.15) is 5.69 Å². The van der Waals surface area contributed by atoms with Gasteiger partial charge in [0.15, 0.2) is 17.3 Å². The van der Waals surface area contributed by atoms with E-state index in [2.05, 4.69) is 15.5 Å². The fourth-order valence-electron chi connectivity index (χ4n) is 3.02. The van der Waals surface area contributed by atoms with Crippen LogP contribution >= 0.6 is 0 Å². The maximum absolute atomic E-state index is 12.8. The van der Waals surface area contributed by atoms with Gasteiger partial charge in [0, 0.05) is 5.39 Å². The molecule has 0 bridgehead atoms. The molecule has 0 spiro atoms. The van der Waals surface area contributed by atoms with Crippen LogP contribution in [0.15, 0.2) is 76.4 Å². The average molecular weight is 401 g/mol. The molecular weight excluding hydrogens is 382 g/mol. The molecule has 30 heavy (non-hydrogen) atoms. The second-order valence-corrected chi connectivity index (χ2v) is 6.41. The number of rotatable bonds is 6. The number of benzene rings is 2. The number of phenolic OH excluding ortho intramolecular Hbond substituents is 1. The highest BCUT2D eigenvalue weighted by molar-refractivity contribution is 6.07. The van der Waals surface area contributed by atoms with Crippen LogP contribution in [0.3, 0.4) is 0 Å². The Hall–Kier alpha value is -4.13. The summed E-state index contributed by atoms with van der Waals surface area (Å²) in [4.78, 5) is 17.4. The van der Waals surface area contributed by atoms with Crippen LogP contribution in [-0.4, -0.2) is 28.8 Å². The molecular formula is C23H19N3O4. The zero-order valence-electron chi connectivity index (χ0n) is 16.2. The molecule has 0 saturated carbocycles. The Balaban J connectivity index is 1.60. The topological polar surface area (TPSA) is 97.0 Å². The number of nitrogens with one attached hydrogen (secondary N) is 1. The van der Waals surface area contributed by atoms with E-state index in [1.807, 2.05) is 31.2 Å². The summed E-state index contributed by atoms with van der Waals surface area (Å²) in [5, 5.41) is 14.5. The third-order valence-corrected chi connectivity index (χ3v) is 4.40. The van der Waals surface area contributed by atoms with Gasteiger partial charge in [0.05, 0.1) is 30.2 Å². The standard InChI is InChI=1S/C23H19N3O4/c1-2-29-22-12-15(9-10-20(22)27)14-24-26-23(28)17-13-19(21-8-5-11-30-21)25-18-7-4-3-6-16(17)18/h3-14,27H,2H2,1H3,(H,26,28)/b24-14+. The number of fused-ring (bicyclic) bond motifs is 1. The van der Waals surface area contributed by atoms with Crippen LogP contribution in [0.5, 0.6) is 11.5 Å². The van der Waals surface area contributed by atoms with Gasteiger partial charge in [-0.25, -0.2) is 10.4 Å². The smallest absolute Gasteiger partial charge is 0.272 e. The Morgan fingerprint density at radius 1 is 1.20 bits per heavy atom. The van der Waals surface area contributed by atoms with Crippen molar-refractivity contribution in [3.8, 4) is 23.0 Å². The number of hydrogen-bond donors (Lipinski definition) is 2. The molecule has 0 aliphatic heterocycles. The lowest BCUT2D eigenvalue weighted by Crippen LogP contribution is -2.18. The fourth-order valence-corrected chi connectivity index (χ4v) is 3.02. The first kappa shape index (κ1) is 19.2. The summed E-state index contributed by atoms with van der Waals surface area (Å²) in [6.07, 6.45) is 3.04. The Kier molecular flexibility index (Phi) is 5.43. The van der Waals surface area contributed by atoms with Crippen LogP contribution in [-0.2, 0) is 0 Å². The minimum atomic E-state index is -0.374. The van der Waals surface area contributed by atoms with Crippen LogP contribution < -0.4 is 10.2 Å². The van der Waals surface area contributed by atoms with Crippen molar-refractivity contribution in [2.75, 3.05) is 6.61 Å². The Morgan fingerprint density at radius 3 is 2.87 bits per heavy atom. The van der Waals surface area contributed by atoms with Gasteiger partial charge in [-0.05, 0) is 55.0 Å². The van der Waals surface area contributed by atoms with Crippen molar-refractivity contribution in [2.45, 2.75) is 6.92 Å². The molecule has 0 saturated heterocycles. The number of hydrazone groups is 1. The quantitative estimate of drug-likeness (QED) is 0.370. The Labute approximate surface area is 172 Å². The van der Waals surface area contributed by atoms with Gasteiger partial charge in [-0.15, -0.1) is 0 Å². The van der Waals surface area contributed by atoms with Gasteiger partial charge in [0.25, 0.3) is 5.91 Å². The summed E-state index contributed by atoms with van der Waals surface area (Å²) in [5.41, 5.74) is 4.90. The van der Waals surface area contributed by atoms with E-state index >= 15 is 0 Å². The van der Waals surface area contributed by atoms with E-state index < -0.39 is 0 Å². The lowest BCUT2D eigenvalue weighted by atomic mass is 10.1. The Bertz CT molecular complexity index is 1220. The third kappa shape index (κ3) is 4.00. The number of hydrogen-bond acceptors (Lipinski definition) is 6. The van der Waals surface area contributed by atoms with Crippen molar-refractivity contribution in [3.05, 3.63) is 78.1 Å². The van der Waals surface area contributed by atoms with Crippen molar-refractivity contribution >= 4 is 23.0 Å². The SMILES string of the molecule is CCOc1cc(/C=N/NC(=O)c2cc(-c3ccco3)nc3ccccc23)ccc1O. The molecule has 0 atom stereocenters. The van der Waals surface area contributed by atoms with Crippen molar-refractivity contribution in [3.63, 3.8) is 0 Å². The molecule has 0 radical (unpaired) electrons. The van der Waals surface area contributed by atoms with Crippen molar-refractivity contribution < 1.29 is 19.1 Å². The highest BCUT2D eigenvalue weighted by Crippen LogP contribution is 2.27. The van der Waals surface area contributed by atoms with E-state index in [4.69, 9.17) is 9.15 Å². The predicted molar refractivity (Wildman–Crippen MR) is 114 cm³/mol. The third-order valence-electron chi connectivity index (χ3n) is 4.40. The minimum absolute atomic E-state index is 0.0479. The molecule has 0 aliphatic rings. The average Bonchev–Trinajstić information content (AvgIpc) is 3.30. The van der Waals surface area contributed by atoms with Crippen LogP contribution in [0.4, 0.5) is 0 Å². The highest BCUT2D eigenvalue weighted by atomic mass is 16.5. The zero-order valence-corrected chi connectivity index (χ0v) is 16.2. The van der Waals surface area contributed by atoms with Gasteiger partial charge < -0.3 is 14.3 Å². The second-order valence-electron chi connectivity index (χ2n) is 6.41. The molecule has 0 fully saturated rings. The molecule has 150 valence electrons. The first-order valence-electron chi connectivity index (χ1n) is 9.38. The van der Waals surface area contributed by atoms with E-state index in [-0.39, 0.29) is 11.7 Å².